The van der Waals surface area contributed by atoms with Gasteiger partial charge in [0.25, 0.3) is 0 Å². The first-order valence-corrected chi connectivity index (χ1v) is 8.57. The summed E-state index contributed by atoms with van der Waals surface area (Å²) in [5, 5.41) is 3.14. The van der Waals surface area contributed by atoms with Crippen LogP contribution in [0.25, 0.3) is 0 Å². The number of nitrogens with one attached hydrogen (secondary N) is 1. The van der Waals surface area contributed by atoms with Crippen molar-refractivity contribution in [2.45, 2.75) is 13.5 Å². The molecule has 2 aromatic heterocycles. The van der Waals surface area contributed by atoms with Crippen molar-refractivity contribution in [3.05, 3.63) is 75.9 Å². The van der Waals surface area contributed by atoms with Gasteiger partial charge in [-0.1, -0.05) is 12.1 Å². The predicted molar refractivity (Wildman–Crippen MR) is 96.1 cm³/mol. The van der Waals surface area contributed by atoms with E-state index < -0.39 is 5.97 Å². The SMILES string of the molecule is Cc1ccc(C(=O)COC(=O)c2ccccc2NCc2ccco2)s1. The zero-order valence-corrected chi connectivity index (χ0v) is 14.5. The molecule has 0 bridgehead atoms. The number of carbonyl (C=O) groups excluding carboxylic acids is 2. The van der Waals surface area contributed by atoms with Crippen molar-refractivity contribution in [1.82, 2.24) is 0 Å². The van der Waals surface area contributed by atoms with E-state index in [2.05, 4.69) is 5.32 Å². The van der Waals surface area contributed by atoms with Gasteiger partial charge >= 0.3 is 5.97 Å². The van der Waals surface area contributed by atoms with Crippen LogP contribution in [-0.2, 0) is 11.3 Å². The van der Waals surface area contributed by atoms with Crippen molar-refractivity contribution >= 4 is 28.8 Å². The molecule has 128 valence electrons. The Morgan fingerprint density at radius 1 is 1.12 bits per heavy atom. The van der Waals surface area contributed by atoms with E-state index in [1.165, 1.54) is 11.3 Å². The van der Waals surface area contributed by atoms with Crippen LogP contribution in [0.4, 0.5) is 5.69 Å². The third-order valence-electron chi connectivity index (χ3n) is 3.53. The fraction of sp³-hybridized carbons (Fsp3) is 0.158. The van der Waals surface area contributed by atoms with Crippen molar-refractivity contribution in [2.24, 2.45) is 0 Å². The molecule has 0 aliphatic rings. The number of anilines is 1. The van der Waals surface area contributed by atoms with Crippen LogP contribution in [-0.4, -0.2) is 18.4 Å². The smallest absolute Gasteiger partial charge is 0.340 e. The van der Waals surface area contributed by atoms with E-state index in [-0.39, 0.29) is 12.4 Å². The van der Waals surface area contributed by atoms with Crippen molar-refractivity contribution in [1.29, 1.82) is 0 Å². The van der Waals surface area contributed by atoms with Gasteiger partial charge in [0.2, 0.25) is 5.78 Å². The summed E-state index contributed by atoms with van der Waals surface area (Å²) in [5.41, 5.74) is 1.01. The molecule has 0 amide bonds. The second-order valence-electron chi connectivity index (χ2n) is 5.39. The number of rotatable bonds is 7. The molecule has 0 unspecified atom stereocenters. The quantitative estimate of drug-likeness (QED) is 0.505. The zero-order valence-electron chi connectivity index (χ0n) is 13.7. The summed E-state index contributed by atoms with van der Waals surface area (Å²) in [7, 11) is 0. The van der Waals surface area contributed by atoms with Crippen LogP contribution in [0.2, 0.25) is 0 Å². The van der Waals surface area contributed by atoms with Gasteiger partial charge in [-0.05, 0) is 43.3 Å². The van der Waals surface area contributed by atoms with Crippen LogP contribution < -0.4 is 5.32 Å². The van der Waals surface area contributed by atoms with Crippen LogP contribution in [0, 0.1) is 6.92 Å². The molecule has 0 radical (unpaired) electrons. The Hall–Kier alpha value is -2.86. The largest absolute Gasteiger partial charge is 0.467 e. The summed E-state index contributed by atoms with van der Waals surface area (Å²) >= 11 is 1.39. The van der Waals surface area contributed by atoms with Crippen molar-refractivity contribution < 1.29 is 18.7 Å². The lowest BCUT2D eigenvalue weighted by molar-refractivity contribution is 0.0476. The maximum absolute atomic E-state index is 12.3. The van der Waals surface area contributed by atoms with Crippen LogP contribution in [0.5, 0.6) is 0 Å². The minimum atomic E-state index is -0.538. The Morgan fingerprint density at radius 3 is 2.68 bits per heavy atom. The van der Waals surface area contributed by atoms with E-state index >= 15 is 0 Å². The van der Waals surface area contributed by atoms with Gasteiger partial charge in [0.15, 0.2) is 6.61 Å². The van der Waals surface area contributed by atoms with E-state index in [1.807, 2.05) is 25.1 Å². The van der Waals surface area contributed by atoms with E-state index in [4.69, 9.17) is 9.15 Å². The summed E-state index contributed by atoms with van der Waals surface area (Å²) in [6.07, 6.45) is 1.59. The monoisotopic (exact) mass is 355 g/mol. The molecule has 0 saturated carbocycles. The molecule has 0 atom stereocenters. The van der Waals surface area contributed by atoms with E-state index in [0.29, 0.717) is 22.7 Å². The highest BCUT2D eigenvalue weighted by Crippen LogP contribution is 2.19. The van der Waals surface area contributed by atoms with Gasteiger partial charge in [0.05, 0.1) is 23.2 Å². The van der Waals surface area contributed by atoms with Gasteiger partial charge in [0, 0.05) is 10.6 Å². The maximum Gasteiger partial charge on any atom is 0.340 e. The Bertz CT molecular complexity index is 867. The van der Waals surface area contributed by atoms with Crippen LogP contribution in [0.3, 0.4) is 0 Å². The number of para-hydroxylation sites is 1. The highest BCUT2D eigenvalue weighted by molar-refractivity contribution is 7.14. The molecule has 3 rings (SSSR count). The minimum absolute atomic E-state index is 0.201. The summed E-state index contributed by atoms with van der Waals surface area (Å²) in [6, 6.07) is 14.3. The third kappa shape index (κ3) is 4.36. The zero-order chi connectivity index (χ0) is 17.6. The Morgan fingerprint density at radius 2 is 1.96 bits per heavy atom. The number of ether oxygens (including phenoxy) is 1. The maximum atomic E-state index is 12.3. The van der Waals surface area contributed by atoms with Crippen molar-refractivity contribution in [2.75, 3.05) is 11.9 Å². The standard InChI is InChI=1S/C19H17NO4S/c1-13-8-9-18(25-13)17(21)12-24-19(22)15-6-2-3-7-16(15)20-11-14-5-4-10-23-14/h2-10,20H,11-12H2,1H3. The minimum Gasteiger partial charge on any atom is -0.467 e. The Kier molecular flexibility index (Phi) is 5.30. The molecule has 0 spiro atoms. The van der Waals surface area contributed by atoms with Crippen molar-refractivity contribution in [3.8, 4) is 0 Å². The summed E-state index contributed by atoms with van der Waals surface area (Å²) in [4.78, 5) is 26.0. The first kappa shape index (κ1) is 17.0. The number of ketones is 1. The molecular formula is C19H17NO4S. The van der Waals surface area contributed by atoms with Crippen LogP contribution in [0.15, 0.2) is 59.2 Å². The number of thiophene rings is 1. The second kappa shape index (κ2) is 7.81. The molecular weight excluding hydrogens is 338 g/mol. The molecule has 25 heavy (non-hydrogen) atoms. The van der Waals surface area contributed by atoms with Gasteiger partial charge < -0.3 is 14.5 Å². The molecule has 3 aromatic rings. The molecule has 6 heteroatoms. The van der Waals surface area contributed by atoms with Crippen molar-refractivity contribution in [3.63, 3.8) is 0 Å². The lowest BCUT2D eigenvalue weighted by Gasteiger charge is -2.10. The van der Waals surface area contributed by atoms with Gasteiger partial charge in [-0.25, -0.2) is 4.79 Å². The number of aryl methyl sites for hydroxylation is 1. The van der Waals surface area contributed by atoms with E-state index in [9.17, 15) is 9.59 Å². The number of hydrogen-bond acceptors (Lipinski definition) is 6. The molecule has 1 aromatic carbocycles. The van der Waals surface area contributed by atoms with Gasteiger partial charge in [-0.2, -0.15) is 0 Å². The average Bonchev–Trinajstić information content (AvgIpc) is 3.29. The molecule has 1 N–H and O–H groups in total. The van der Waals surface area contributed by atoms with E-state index in [1.54, 1.807) is 36.6 Å². The summed E-state index contributed by atoms with van der Waals surface area (Å²) in [5.74, 6) is 0.0167. The molecule has 0 aliphatic heterocycles. The van der Waals surface area contributed by atoms with Gasteiger partial charge in [-0.15, -0.1) is 11.3 Å². The van der Waals surface area contributed by atoms with Crippen LogP contribution in [0.1, 0.15) is 30.7 Å². The normalized spacial score (nSPS) is 10.4. The van der Waals surface area contributed by atoms with Gasteiger partial charge in [-0.3, -0.25) is 4.79 Å². The number of benzene rings is 1. The summed E-state index contributed by atoms with van der Waals surface area (Å²) < 4.78 is 10.4. The number of furan rings is 1. The highest BCUT2D eigenvalue weighted by atomic mass is 32.1. The molecule has 0 fully saturated rings. The lowest BCUT2D eigenvalue weighted by atomic mass is 10.1. The molecule has 2 heterocycles. The first-order chi connectivity index (χ1) is 12.1. The number of hydrogen-bond donors (Lipinski definition) is 1. The van der Waals surface area contributed by atoms with Gasteiger partial charge in [0.1, 0.15) is 5.76 Å². The fourth-order valence-electron chi connectivity index (χ4n) is 2.28. The predicted octanol–water partition coefficient (Wildman–Crippen LogP) is 4.30. The lowest BCUT2D eigenvalue weighted by Crippen LogP contribution is -2.15. The molecule has 5 nitrogen and oxygen atoms in total. The van der Waals surface area contributed by atoms with E-state index in [0.717, 1.165) is 10.6 Å². The molecule has 0 aliphatic carbocycles. The average molecular weight is 355 g/mol. The first-order valence-electron chi connectivity index (χ1n) is 7.75. The highest BCUT2D eigenvalue weighted by Gasteiger charge is 2.16. The topological polar surface area (TPSA) is 68.5 Å². The Labute approximate surface area is 149 Å². The van der Waals surface area contributed by atoms with Crippen LogP contribution >= 0.6 is 11.3 Å². The fourth-order valence-corrected chi connectivity index (χ4v) is 3.07. The number of esters is 1. The Balaban J connectivity index is 1.62. The molecule has 0 saturated heterocycles. The second-order valence-corrected chi connectivity index (χ2v) is 6.68. The number of Topliss-reactive ketones (excluding diaryl/α,β-unsaturated/α-hetero) is 1. The summed E-state index contributed by atoms with van der Waals surface area (Å²) in [6.45, 7) is 2.10. The number of carbonyl (C=O) groups is 2. The third-order valence-corrected chi connectivity index (χ3v) is 4.57.